The number of aliphatic hydroxyl groups is 1. The number of halogens is 4. The summed E-state index contributed by atoms with van der Waals surface area (Å²) in [6, 6.07) is 18.1. The third kappa shape index (κ3) is 13.1. The van der Waals surface area contributed by atoms with Crippen LogP contribution >= 0.6 is 0 Å². The SMILES string of the molecule is CC(C)(CCCNc1cc(CN)ccc1F)[Si](C)(C)O.CN1c2ccc(F)cc2C(=O)CC12CCN(C(=O)NCc1ccc(F)c(NCCO)c1)CC2.CN1c2ccc(F)cc2C(=O)CC12CCNCC2. The Hall–Kier alpha value is -5.53. The van der Waals surface area contributed by atoms with Crippen molar-refractivity contribution in [1.82, 2.24) is 15.5 Å². The summed E-state index contributed by atoms with van der Waals surface area (Å²) in [5.74, 6) is -1.42. The molecule has 0 aliphatic carbocycles. The smallest absolute Gasteiger partial charge is 0.317 e. The first-order chi connectivity index (χ1) is 33.6. The number of likely N-dealkylation sites (tertiary alicyclic amines) is 1. The van der Waals surface area contributed by atoms with E-state index in [9.17, 15) is 36.7 Å². The van der Waals surface area contributed by atoms with Gasteiger partial charge in [-0.05, 0) is 142 Å². The number of carbonyl (C=O) groups excluding carboxylic acids is 3. The number of nitrogens with zero attached hydrogens (tertiary/aromatic N) is 3. The molecule has 0 bridgehead atoms. The number of amides is 2. The van der Waals surface area contributed by atoms with E-state index in [1.165, 1.54) is 36.4 Å². The number of Topliss-reactive ketones (excluding diaryl/α,β-unsaturated/α-hetero) is 2. The van der Waals surface area contributed by atoms with E-state index < -0.39 is 20.0 Å². The lowest BCUT2D eigenvalue weighted by Crippen LogP contribution is -2.59. The number of aliphatic hydroxyl groups excluding tert-OH is 1. The van der Waals surface area contributed by atoms with Crippen LogP contribution in [0, 0.1) is 23.3 Å². The number of rotatable bonds is 12. The van der Waals surface area contributed by atoms with E-state index in [0.717, 1.165) is 61.3 Å². The molecule has 0 saturated carbocycles. The Kier molecular flexibility index (Phi) is 18.0. The lowest BCUT2D eigenvalue weighted by molar-refractivity contribution is 0.0887. The third-order valence-corrected chi connectivity index (χ3v) is 18.8. The number of hydrogen-bond donors (Lipinski definition) is 7. The van der Waals surface area contributed by atoms with Crippen molar-refractivity contribution in [3.8, 4) is 0 Å². The lowest BCUT2D eigenvalue weighted by atomic mass is 9.77. The van der Waals surface area contributed by atoms with Gasteiger partial charge in [-0.15, -0.1) is 0 Å². The summed E-state index contributed by atoms with van der Waals surface area (Å²) in [5.41, 5.74) is 10.1. The molecule has 13 nitrogen and oxygen atoms in total. The van der Waals surface area contributed by atoms with Gasteiger partial charge in [0.1, 0.15) is 23.3 Å². The molecule has 18 heteroatoms. The van der Waals surface area contributed by atoms with Gasteiger partial charge < -0.3 is 51.6 Å². The second-order valence-electron chi connectivity index (χ2n) is 20.4. The Bertz CT molecular complexity index is 2510. The highest BCUT2D eigenvalue weighted by Gasteiger charge is 2.46. The first-order valence-electron chi connectivity index (χ1n) is 24.6. The number of urea groups is 1. The Morgan fingerprint density at radius 2 is 1.24 bits per heavy atom. The number of hydrogen-bond acceptors (Lipinski definition) is 11. The van der Waals surface area contributed by atoms with Gasteiger partial charge in [-0.3, -0.25) is 9.59 Å². The zero-order chi connectivity index (χ0) is 51.7. The molecule has 0 unspecified atom stereocenters. The van der Waals surface area contributed by atoms with Crippen LogP contribution in [-0.4, -0.2) is 112 Å². The van der Waals surface area contributed by atoms with Crippen molar-refractivity contribution in [2.45, 2.75) is 108 Å². The molecule has 0 atom stereocenters. The molecule has 386 valence electrons. The summed E-state index contributed by atoms with van der Waals surface area (Å²) in [6.07, 6.45) is 5.81. The molecular formula is C53H72F4N8O5Si. The Labute approximate surface area is 416 Å². The molecule has 8 N–H and O–H groups in total. The van der Waals surface area contributed by atoms with Gasteiger partial charge in [0.05, 0.1) is 23.5 Å². The van der Waals surface area contributed by atoms with Crippen LogP contribution in [0.1, 0.15) is 97.1 Å². The maximum Gasteiger partial charge on any atom is 0.317 e. The average Bonchev–Trinajstić information content (AvgIpc) is 3.34. The van der Waals surface area contributed by atoms with E-state index in [-0.39, 0.29) is 70.7 Å². The summed E-state index contributed by atoms with van der Waals surface area (Å²) in [5, 5.41) is 21.0. The number of benzene rings is 4. The average molecular weight is 1010 g/mol. The number of nitrogens with one attached hydrogen (secondary N) is 4. The number of anilines is 4. The predicted octanol–water partition coefficient (Wildman–Crippen LogP) is 8.56. The van der Waals surface area contributed by atoms with E-state index in [2.05, 4.69) is 44.9 Å². The molecule has 0 aromatic heterocycles. The van der Waals surface area contributed by atoms with Crippen LogP contribution in [0.15, 0.2) is 72.8 Å². The molecule has 4 aromatic rings. The van der Waals surface area contributed by atoms with Crippen molar-refractivity contribution in [2.75, 3.05) is 80.4 Å². The topological polar surface area (TPSA) is 176 Å². The number of ketones is 2. The van der Waals surface area contributed by atoms with Crippen molar-refractivity contribution in [3.05, 3.63) is 118 Å². The van der Waals surface area contributed by atoms with E-state index in [4.69, 9.17) is 10.8 Å². The van der Waals surface area contributed by atoms with Crippen LogP contribution in [0.3, 0.4) is 0 Å². The van der Waals surface area contributed by atoms with Crippen LogP contribution in [-0.2, 0) is 13.1 Å². The summed E-state index contributed by atoms with van der Waals surface area (Å²) in [4.78, 5) is 53.9. The minimum absolute atomic E-state index is 0.0354. The summed E-state index contributed by atoms with van der Waals surface area (Å²) in [7, 11) is 1.79. The van der Waals surface area contributed by atoms with Gasteiger partial charge in [-0.2, -0.15) is 0 Å². The highest BCUT2D eigenvalue weighted by molar-refractivity contribution is 6.72. The summed E-state index contributed by atoms with van der Waals surface area (Å²) >= 11 is 0. The van der Waals surface area contributed by atoms with Gasteiger partial charge in [0.25, 0.3) is 0 Å². The van der Waals surface area contributed by atoms with Gasteiger partial charge in [-0.25, -0.2) is 22.4 Å². The monoisotopic (exact) mass is 1000 g/mol. The van der Waals surface area contributed by atoms with Crippen LogP contribution in [0.5, 0.6) is 0 Å². The molecule has 4 aromatic carbocycles. The maximum absolute atomic E-state index is 13.8. The fraction of sp³-hybridized carbons (Fsp3) is 0.491. The van der Waals surface area contributed by atoms with Crippen molar-refractivity contribution in [1.29, 1.82) is 0 Å². The lowest BCUT2D eigenvalue weighted by Gasteiger charge is -2.50. The molecule has 4 aliphatic rings. The minimum atomic E-state index is -2.16. The molecular weight excluding hydrogens is 933 g/mol. The number of carbonyl (C=O) groups is 3. The fourth-order valence-electron chi connectivity index (χ4n) is 9.82. The first kappa shape index (κ1) is 54.8. The van der Waals surface area contributed by atoms with Gasteiger partial charge >= 0.3 is 6.03 Å². The predicted molar refractivity (Wildman–Crippen MR) is 276 cm³/mol. The molecule has 4 aliphatic heterocycles. The minimum Gasteiger partial charge on any atom is -0.432 e. The maximum atomic E-state index is 13.8. The highest BCUT2D eigenvalue weighted by atomic mass is 28.4. The zero-order valence-corrected chi connectivity index (χ0v) is 43.0. The number of fused-ring (bicyclic) bond motifs is 2. The highest BCUT2D eigenvalue weighted by Crippen LogP contribution is 2.43. The van der Waals surface area contributed by atoms with Gasteiger partial charge in [-0.1, -0.05) is 26.0 Å². The molecule has 2 spiro atoms. The van der Waals surface area contributed by atoms with Crippen LogP contribution < -0.4 is 36.8 Å². The second kappa shape index (κ2) is 23.3. The molecule has 2 fully saturated rings. The van der Waals surface area contributed by atoms with Gasteiger partial charge in [0.15, 0.2) is 19.9 Å². The standard InChI is InChI=1S/C24H28F2N4O3.C15H27FN2OSi.C14H17FN2O/c1-29-21-5-3-17(25)13-18(21)22(32)14-24(29)6-9-30(10-7-24)23(33)28-15-16-2-4-19(26)20(12-16)27-8-11-31;1-15(2,20(3,4)19)8-5-9-18-14-10-12(11-17)6-7-13(14)16;1-17-12-3-2-10(15)8-11(12)13(18)9-14(17)4-6-16-7-5-14/h2-5,12-13,27,31H,6-11,14-15H2,1H3,(H,28,33);6-7,10,18-19H,5,8-9,11,17H2,1-4H3;2-3,8,16H,4-7,9H2,1H3. The summed E-state index contributed by atoms with van der Waals surface area (Å²) in [6.45, 7) is 12.5. The third-order valence-electron chi connectivity index (χ3n) is 15.3. The van der Waals surface area contributed by atoms with Crippen molar-refractivity contribution in [3.63, 3.8) is 0 Å². The van der Waals surface area contributed by atoms with E-state index in [0.29, 0.717) is 68.7 Å². The van der Waals surface area contributed by atoms with Gasteiger partial charge in [0.2, 0.25) is 0 Å². The number of piperidine rings is 2. The Morgan fingerprint density at radius 1 is 0.746 bits per heavy atom. The van der Waals surface area contributed by atoms with Gasteiger partial charge in [0, 0.05) is 94.2 Å². The molecule has 71 heavy (non-hydrogen) atoms. The molecule has 4 heterocycles. The zero-order valence-electron chi connectivity index (χ0n) is 42.0. The number of nitrogens with two attached hydrogens (primary N) is 1. The van der Waals surface area contributed by atoms with E-state index >= 15 is 0 Å². The van der Waals surface area contributed by atoms with Crippen molar-refractivity contribution in [2.24, 2.45) is 5.73 Å². The Balaban J connectivity index is 0.000000186. The normalized spacial score (nSPS) is 17.1. The molecule has 2 saturated heterocycles. The largest absolute Gasteiger partial charge is 0.432 e. The molecule has 2 amide bonds. The van der Waals surface area contributed by atoms with Crippen LogP contribution in [0.4, 0.5) is 45.1 Å². The second-order valence-corrected chi connectivity index (χ2v) is 24.9. The first-order valence-corrected chi connectivity index (χ1v) is 27.5. The van der Waals surface area contributed by atoms with Crippen molar-refractivity contribution < 1.29 is 41.8 Å². The Morgan fingerprint density at radius 3 is 1.75 bits per heavy atom. The molecule has 0 radical (unpaired) electrons. The fourth-order valence-corrected chi connectivity index (χ4v) is 10.6. The quantitative estimate of drug-likeness (QED) is 0.0412. The van der Waals surface area contributed by atoms with Crippen LogP contribution in [0.25, 0.3) is 0 Å². The van der Waals surface area contributed by atoms with E-state index in [1.54, 1.807) is 41.3 Å². The molecule has 8 rings (SSSR count). The van der Waals surface area contributed by atoms with E-state index in [1.807, 2.05) is 27.2 Å². The van der Waals surface area contributed by atoms with Crippen LogP contribution in [0.2, 0.25) is 18.1 Å². The summed E-state index contributed by atoms with van der Waals surface area (Å²) < 4.78 is 54.3. The van der Waals surface area contributed by atoms with Crippen molar-refractivity contribution >= 4 is 48.7 Å².